The van der Waals surface area contributed by atoms with Crippen LogP contribution in [0.4, 0.5) is 0 Å². The average Bonchev–Trinajstić information content (AvgIpc) is 2.40. The van der Waals surface area contributed by atoms with Gasteiger partial charge in [-0.05, 0) is 25.3 Å². The highest BCUT2D eigenvalue weighted by atomic mass is 16.1. The molecule has 1 atom stereocenters. The van der Waals surface area contributed by atoms with Crippen LogP contribution in [-0.4, -0.2) is 5.78 Å². The molecule has 2 rings (SSSR count). The second kappa shape index (κ2) is 5.82. The molecule has 0 amide bonds. The maximum Gasteiger partial charge on any atom is 0.157 e. The number of ketones is 1. The van der Waals surface area contributed by atoms with Crippen LogP contribution in [-0.2, 0) is 4.79 Å². The minimum atomic E-state index is -0.576. The Hall–Kier alpha value is -1.62. The number of hydrogen-bond acceptors (Lipinski definition) is 2. The molecule has 0 aromatic heterocycles. The van der Waals surface area contributed by atoms with E-state index in [1.807, 2.05) is 31.2 Å². The summed E-state index contributed by atoms with van der Waals surface area (Å²) in [5.74, 6) is -0.347. The number of hydrogen-bond donors (Lipinski definition) is 0. The summed E-state index contributed by atoms with van der Waals surface area (Å²) < 4.78 is 0. The lowest BCUT2D eigenvalue weighted by atomic mass is 9.80. The third-order valence-electron chi connectivity index (χ3n) is 3.80. The molecule has 0 bridgehead atoms. The van der Waals surface area contributed by atoms with Gasteiger partial charge in [-0.25, -0.2) is 0 Å². The van der Waals surface area contributed by atoms with Crippen molar-refractivity contribution in [1.82, 2.24) is 0 Å². The zero-order valence-corrected chi connectivity index (χ0v) is 10.9. The SMILES string of the molecule is Cc1cccc(C(C#N)C(=O)C2CCCCC2)c1. The van der Waals surface area contributed by atoms with E-state index in [1.165, 1.54) is 6.42 Å². The van der Waals surface area contributed by atoms with Crippen molar-refractivity contribution in [3.05, 3.63) is 35.4 Å². The Kier molecular flexibility index (Phi) is 4.15. The Morgan fingerprint density at radius 2 is 2.06 bits per heavy atom. The summed E-state index contributed by atoms with van der Waals surface area (Å²) >= 11 is 0. The zero-order valence-electron chi connectivity index (χ0n) is 10.9. The molecule has 1 unspecified atom stereocenters. The van der Waals surface area contributed by atoms with Gasteiger partial charge in [-0.15, -0.1) is 0 Å². The fourth-order valence-corrected chi connectivity index (χ4v) is 2.77. The van der Waals surface area contributed by atoms with Gasteiger partial charge in [-0.2, -0.15) is 5.26 Å². The van der Waals surface area contributed by atoms with Crippen molar-refractivity contribution in [2.24, 2.45) is 5.92 Å². The van der Waals surface area contributed by atoms with Crippen LogP contribution in [0.5, 0.6) is 0 Å². The summed E-state index contributed by atoms with van der Waals surface area (Å²) in [5, 5.41) is 9.30. The van der Waals surface area contributed by atoms with Gasteiger partial charge < -0.3 is 0 Å². The van der Waals surface area contributed by atoms with Crippen molar-refractivity contribution >= 4 is 5.78 Å². The summed E-state index contributed by atoms with van der Waals surface area (Å²) in [6, 6.07) is 9.95. The molecule has 0 N–H and O–H groups in total. The molecule has 0 radical (unpaired) electrons. The maximum atomic E-state index is 12.4. The molecule has 0 aliphatic heterocycles. The molecule has 2 heteroatoms. The molecule has 94 valence electrons. The van der Waals surface area contributed by atoms with Gasteiger partial charge in [0.15, 0.2) is 5.78 Å². The largest absolute Gasteiger partial charge is 0.298 e. The van der Waals surface area contributed by atoms with Crippen molar-refractivity contribution in [1.29, 1.82) is 5.26 Å². The topological polar surface area (TPSA) is 40.9 Å². The number of nitrogens with zero attached hydrogens (tertiary/aromatic N) is 1. The molecule has 1 saturated carbocycles. The standard InChI is InChI=1S/C16H19NO/c1-12-6-5-9-14(10-12)15(11-17)16(18)13-7-3-2-4-8-13/h5-6,9-10,13,15H,2-4,7-8H2,1H3. The van der Waals surface area contributed by atoms with E-state index in [2.05, 4.69) is 6.07 Å². The van der Waals surface area contributed by atoms with Crippen molar-refractivity contribution in [3.8, 4) is 6.07 Å². The lowest BCUT2D eigenvalue weighted by molar-refractivity contribution is -0.124. The highest BCUT2D eigenvalue weighted by Gasteiger charge is 2.29. The van der Waals surface area contributed by atoms with Crippen LogP contribution in [0.15, 0.2) is 24.3 Å². The first kappa shape index (κ1) is 12.8. The van der Waals surface area contributed by atoms with Gasteiger partial charge in [0.05, 0.1) is 6.07 Å². The second-order valence-corrected chi connectivity index (χ2v) is 5.21. The molecule has 1 aliphatic carbocycles. The van der Waals surface area contributed by atoms with E-state index in [0.717, 1.165) is 36.8 Å². The van der Waals surface area contributed by atoms with E-state index in [-0.39, 0.29) is 11.7 Å². The maximum absolute atomic E-state index is 12.4. The Morgan fingerprint density at radius 1 is 1.33 bits per heavy atom. The summed E-state index contributed by atoms with van der Waals surface area (Å²) in [5.41, 5.74) is 1.96. The Bertz CT molecular complexity index is 466. The van der Waals surface area contributed by atoms with Gasteiger partial charge in [-0.3, -0.25) is 4.79 Å². The number of rotatable bonds is 3. The Balaban J connectivity index is 2.18. The number of nitriles is 1. The lowest BCUT2D eigenvalue weighted by Crippen LogP contribution is -2.23. The smallest absolute Gasteiger partial charge is 0.157 e. The third-order valence-corrected chi connectivity index (χ3v) is 3.80. The highest BCUT2D eigenvalue weighted by Crippen LogP contribution is 2.30. The van der Waals surface area contributed by atoms with Crippen molar-refractivity contribution < 1.29 is 4.79 Å². The number of benzene rings is 1. The molecule has 2 nitrogen and oxygen atoms in total. The fraction of sp³-hybridized carbons (Fsp3) is 0.500. The van der Waals surface area contributed by atoms with Crippen LogP contribution >= 0.6 is 0 Å². The van der Waals surface area contributed by atoms with Crippen molar-refractivity contribution in [3.63, 3.8) is 0 Å². The first-order chi connectivity index (χ1) is 8.72. The molecule has 1 aliphatic rings. The third kappa shape index (κ3) is 2.79. The summed E-state index contributed by atoms with van der Waals surface area (Å²) in [6.45, 7) is 1.99. The molecule has 0 spiro atoms. The second-order valence-electron chi connectivity index (χ2n) is 5.21. The van der Waals surface area contributed by atoms with Crippen molar-refractivity contribution in [2.45, 2.75) is 44.9 Å². The quantitative estimate of drug-likeness (QED) is 0.808. The number of carbonyl (C=O) groups is 1. The van der Waals surface area contributed by atoms with E-state index in [1.54, 1.807) is 0 Å². The summed E-state index contributed by atoms with van der Waals surface area (Å²) in [7, 11) is 0. The average molecular weight is 241 g/mol. The van der Waals surface area contributed by atoms with Crippen LogP contribution in [0, 0.1) is 24.2 Å². The zero-order chi connectivity index (χ0) is 13.0. The molecule has 1 aromatic rings. The van der Waals surface area contributed by atoms with Gasteiger partial charge in [0.25, 0.3) is 0 Å². The van der Waals surface area contributed by atoms with Crippen LogP contribution in [0.1, 0.15) is 49.1 Å². The van der Waals surface area contributed by atoms with Crippen molar-refractivity contribution in [2.75, 3.05) is 0 Å². The Morgan fingerprint density at radius 3 is 2.67 bits per heavy atom. The number of aryl methyl sites for hydroxylation is 1. The molecule has 0 heterocycles. The van der Waals surface area contributed by atoms with Gasteiger partial charge >= 0.3 is 0 Å². The molecule has 0 saturated heterocycles. The predicted molar refractivity (Wildman–Crippen MR) is 71.1 cm³/mol. The number of Topliss-reactive ketones (excluding diaryl/α,β-unsaturated/α-hetero) is 1. The van der Waals surface area contributed by atoms with Crippen LogP contribution < -0.4 is 0 Å². The monoisotopic (exact) mass is 241 g/mol. The molecular formula is C16H19NO. The minimum absolute atomic E-state index is 0.101. The van der Waals surface area contributed by atoms with E-state index < -0.39 is 5.92 Å². The van der Waals surface area contributed by atoms with E-state index >= 15 is 0 Å². The van der Waals surface area contributed by atoms with Gasteiger partial charge in [0, 0.05) is 5.92 Å². The number of carbonyl (C=O) groups excluding carboxylic acids is 1. The van der Waals surface area contributed by atoms with Crippen LogP contribution in [0.25, 0.3) is 0 Å². The molecule has 1 fully saturated rings. The van der Waals surface area contributed by atoms with E-state index in [4.69, 9.17) is 0 Å². The molecular weight excluding hydrogens is 222 g/mol. The lowest BCUT2D eigenvalue weighted by Gasteiger charge is -2.22. The van der Waals surface area contributed by atoms with E-state index in [0.29, 0.717) is 0 Å². The molecule has 1 aromatic carbocycles. The first-order valence-electron chi connectivity index (χ1n) is 6.72. The van der Waals surface area contributed by atoms with Gasteiger partial charge in [0.1, 0.15) is 5.92 Å². The van der Waals surface area contributed by atoms with E-state index in [9.17, 15) is 10.1 Å². The van der Waals surface area contributed by atoms with Crippen LogP contribution in [0.2, 0.25) is 0 Å². The van der Waals surface area contributed by atoms with Crippen LogP contribution in [0.3, 0.4) is 0 Å². The van der Waals surface area contributed by atoms with Gasteiger partial charge in [-0.1, -0.05) is 49.1 Å². The Labute approximate surface area is 109 Å². The summed E-state index contributed by atoms with van der Waals surface area (Å²) in [4.78, 5) is 12.4. The fourth-order valence-electron chi connectivity index (χ4n) is 2.77. The predicted octanol–water partition coefficient (Wildman–Crippen LogP) is 3.75. The normalized spacial score (nSPS) is 18.0. The molecule has 18 heavy (non-hydrogen) atoms. The minimum Gasteiger partial charge on any atom is -0.298 e. The van der Waals surface area contributed by atoms with Gasteiger partial charge in [0.2, 0.25) is 0 Å². The summed E-state index contributed by atoms with van der Waals surface area (Å²) in [6.07, 6.45) is 5.40. The highest BCUT2D eigenvalue weighted by molar-refractivity contribution is 5.90. The first-order valence-corrected chi connectivity index (χ1v) is 6.72.